The van der Waals surface area contributed by atoms with Gasteiger partial charge in [0.2, 0.25) is 5.85 Å². The largest absolute Gasteiger partial charge is 0.530 e. The Hall–Kier alpha value is -2.41. The van der Waals surface area contributed by atoms with Crippen molar-refractivity contribution in [3.8, 4) is 5.75 Å². The lowest BCUT2D eigenvalue weighted by Crippen LogP contribution is -2.37. The number of phosphoric ester groups is 1. The number of fused-ring (bicyclic) bond motifs is 1. The normalized spacial score (nSPS) is 29.6. The van der Waals surface area contributed by atoms with Crippen LogP contribution in [0.5, 0.6) is 5.75 Å². The molecule has 39 heavy (non-hydrogen) atoms. The predicted octanol–water partition coefficient (Wildman–Crippen LogP) is 3.44. The summed E-state index contributed by atoms with van der Waals surface area (Å²) in [5.41, 5.74) is -2.63. The summed E-state index contributed by atoms with van der Waals surface area (Å²) in [6, 6.07) is 1.63. The number of aliphatic hydroxyl groups is 2. The van der Waals surface area contributed by atoms with Crippen LogP contribution in [0.15, 0.2) is 21.9 Å². The van der Waals surface area contributed by atoms with Gasteiger partial charge in [-0.1, -0.05) is 41.5 Å². The molecule has 1 unspecified atom stereocenters. The first-order valence-electron chi connectivity index (χ1n) is 12.7. The van der Waals surface area contributed by atoms with Crippen LogP contribution >= 0.6 is 7.82 Å². The summed E-state index contributed by atoms with van der Waals surface area (Å²) >= 11 is 0. The number of hydrogen-bond donors (Lipinski definition) is 3. The van der Waals surface area contributed by atoms with Gasteiger partial charge in [-0.15, -0.1) is 0 Å². The standard InChI is InChI=1S/C25H33F2N2O9P/c1-23(2,3)15-7-16(24(4,5)6)19-14(18(15)26)11-35-39(34,38-19)36-12-25(27)8-17(31)21(37-25)29-9-13(10-30)20(32)28-22(29)33/h7,9,17,21,30-31H,8,10-12H2,1-6H3,(H,28,32,33)/t17-,21-,25+,39?/m1/s1/i21D. The Morgan fingerprint density at radius 3 is 2.49 bits per heavy atom. The number of aromatic nitrogens is 2. The monoisotopic (exact) mass is 575 g/mol. The molecule has 1 fully saturated rings. The highest BCUT2D eigenvalue weighted by Gasteiger charge is 2.51. The molecule has 1 aromatic heterocycles. The molecule has 0 radical (unpaired) electrons. The molecule has 0 aliphatic carbocycles. The van der Waals surface area contributed by atoms with Crippen LogP contribution < -0.4 is 15.8 Å². The van der Waals surface area contributed by atoms with E-state index in [1.807, 2.05) is 46.5 Å². The molecule has 2 aromatic rings. The molecule has 4 atom stereocenters. The van der Waals surface area contributed by atoms with Crippen molar-refractivity contribution in [2.45, 2.75) is 90.2 Å². The maximum Gasteiger partial charge on any atom is 0.530 e. The summed E-state index contributed by atoms with van der Waals surface area (Å²) in [7, 11) is -4.55. The molecule has 0 amide bonds. The van der Waals surface area contributed by atoms with E-state index in [0.717, 1.165) is 6.20 Å². The van der Waals surface area contributed by atoms with Crippen LogP contribution in [0.3, 0.4) is 0 Å². The van der Waals surface area contributed by atoms with E-state index in [1.165, 1.54) is 0 Å². The molecule has 216 valence electrons. The quantitative estimate of drug-likeness (QED) is 0.456. The summed E-state index contributed by atoms with van der Waals surface area (Å²) in [4.78, 5) is 25.9. The number of nitrogens with one attached hydrogen (secondary N) is 1. The predicted molar refractivity (Wildman–Crippen MR) is 135 cm³/mol. The average Bonchev–Trinajstić information content (AvgIpc) is 3.05. The summed E-state index contributed by atoms with van der Waals surface area (Å²) in [5.74, 6) is -3.59. The SMILES string of the molecule is [2H][C@@]1(n2cc(CO)c(=O)[nH]c2=O)O[C@](F)(COP2(=O)OCc3c(F)c(C(C)(C)C)cc(C(C)(C)C)c3O2)C[C@H]1O. The van der Waals surface area contributed by atoms with Gasteiger partial charge in [0.1, 0.15) is 24.3 Å². The topological polar surface area (TPSA) is 149 Å². The fourth-order valence-corrected chi connectivity index (χ4v) is 5.56. The number of phosphoric acid groups is 1. The van der Waals surface area contributed by atoms with Crippen LogP contribution in [0.1, 0.15) is 77.8 Å². The second-order valence-corrected chi connectivity index (χ2v) is 13.3. The van der Waals surface area contributed by atoms with E-state index >= 15 is 8.78 Å². The van der Waals surface area contributed by atoms with Gasteiger partial charge in [-0.2, -0.15) is 0 Å². The van der Waals surface area contributed by atoms with Crippen LogP contribution in [0.2, 0.25) is 0 Å². The molecule has 1 saturated heterocycles. The number of benzene rings is 1. The van der Waals surface area contributed by atoms with Crippen LogP contribution in [-0.4, -0.2) is 38.3 Å². The van der Waals surface area contributed by atoms with Crippen LogP contribution in [0.25, 0.3) is 0 Å². The first kappa shape index (κ1) is 28.1. The van der Waals surface area contributed by atoms with Crippen molar-refractivity contribution in [3.05, 3.63) is 61.2 Å². The van der Waals surface area contributed by atoms with E-state index in [1.54, 1.807) is 6.07 Å². The highest BCUT2D eigenvalue weighted by atomic mass is 31.2. The zero-order chi connectivity index (χ0) is 30.1. The van der Waals surface area contributed by atoms with Gasteiger partial charge in [0.05, 0.1) is 25.7 Å². The number of H-pyrrole nitrogens is 1. The molecule has 14 heteroatoms. The Morgan fingerprint density at radius 2 is 1.90 bits per heavy atom. The van der Waals surface area contributed by atoms with E-state index < -0.39 is 80.1 Å². The van der Waals surface area contributed by atoms with Crippen molar-refractivity contribution in [1.29, 1.82) is 0 Å². The number of aliphatic hydroxyl groups excluding tert-OH is 2. The van der Waals surface area contributed by atoms with E-state index in [4.69, 9.17) is 19.7 Å². The average molecular weight is 576 g/mol. The fraction of sp³-hybridized carbons (Fsp3) is 0.600. The number of nitrogens with zero attached hydrogens (tertiary/aromatic N) is 1. The second kappa shape index (κ2) is 9.90. The van der Waals surface area contributed by atoms with Crippen molar-refractivity contribution in [3.63, 3.8) is 0 Å². The van der Waals surface area contributed by atoms with Crippen molar-refractivity contribution in [2.75, 3.05) is 6.61 Å². The number of halogens is 2. The van der Waals surface area contributed by atoms with Gasteiger partial charge in [0, 0.05) is 18.2 Å². The van der Waals surface area contributed by atoms with Crippen molar-refractivity contribution in [1.82, 2.24) is 9.55 Å². The van der Waals surface area contributed by atoms with Gasteiger partial charge in [0.25, 0.3) is 5.56 Å². The van der Waals surface area contributed by atoms with E-state index in [0.29, 0.717) is 15.7 Å². The summed E-state index contributed by atoms with van der Waals surface area (Å²) in [6.45, 7) is 8.65. The summed E-state index contributed by atoms with van der Waals surface area (Å²) in [5, 5.41) is 19.8. The lowest BCUT2D eigenvalue weighted by atomic mass is 9.78. The molecule has 3 heterocycles. The maximum atomic E-state index is 15.7. The Bertz CT molecular complexity index is 1500. The van der Waals surface area contributed by atoms with Gasteiger partial charge in [-0.25, -0.2) is 18.1 Å². The van der Waals surface area contributed by atoms with Gasteiger partial charge >= 0.3 is 13.5 Å². The van der Waals surface area contributed by atoms with Gasteiger partial charge in [-0.05, 0) is 22.5 Å². The molecule has 1 aromatic carbocycles. The Labute approximate surface area is 224 Å². The van der Waals surface area contributed by atoms with Crippen LogP contribution in [-0.2, 0) is 42.4 Å². The van der Waals surface area contributed by atoms with Crippen molar-refractivity contribution < 1.29 is 43.2 Å². The molecular formula is C25H33F2N2O9P. The molecule has 3 N–H and O–H groups in total. The molecule has 2 aliphatic heterocycles. The minimum atomic E-state index is -4.55. The van der Waals surface area contributed by atoms with Crippen molar-refractivity contribution >= 4 is 7.82 Å². The molecule has 0 spiro atoms. The zero-order valence-corrected chi connectivity index (χ0v) is 23.4. The van der Waals surface area contributed by atoms with E-state index in [-0.39, 0.29) is 16.9 Å². The molecule has 4 rings (SSSR count). The molecule has 0 bridgehead atoms. The summed E-state index contributed by atoms with van der Waals surface area (Å²) < 4.78 is 74.6. The lowest BCUT2D eigenvalue weighted by molar-refractivity contribution is -0.179. The van der Waals surface area contributed by atoms with Gasteiger partial charge < -0.3 is 19.5 Å². The smallest absolute Gasteiger partial charge is 0.403 e. The fourth-order valence-electron chi connectivity index (χ4n) is 4.31. The maximum absolute atomic E-state index is 15.7. The summed E-state index contributed by atoms with van der Waals surface area (Å²) in [6.07, 6.45) is -4.86. The number of ether oxygens (including phenoxy) is 1. The highest BCUT2D eigenvalue weighted by Crippen LogP contribution is 2.58. The Balaban J connectivity index is 1.61. The van der Waals surface area contributed by atoms with E-state index in [2.05, 4.69) is 0 Å². The minimum absolute atomic E-state index is 0.0391. The third kappa shape index (κ3) is 5.75. The zero-order valence-electron chi connectivity index (χ0n) is 23.5. The number of alkyl halides is 1. The Morgan fingerprint density at radius 1 is 1.26 bits per heavy atom. The lowest BCUT2D eigenvalue weighted by Gasteiger charge is -2.34. The molecule has 2 aliphatic rings. The third-order valence-corrected chi connectivity index (χ3v) is 7.72. The van der Waals surface area contributed by atoms with Crippen molar-refractivity contribution in [2.24, 2.45) is 0 Å². The number of hydrogen-bond acceptors (Lipinski definition) is 9. The molecule has 11 nitrogen and oxygen atoms in total. The third-order valence-electron chi connectivity index (χ3n) is 6.43. The number of rotatable bonds is 5. The van der Waals surface area contributed by atoms with E-state index in [9.17, 15) is 24.4 Å². The highest BCUT2D eigenvalue weighted by molar-refractivity contribution is 7.49. The van der Waals surface area contributed by atoms with Crippen LogP contribution in [0.4, 0.5) is 8.78 Å². The number of aromatic amines is 1. The first-order chi connectivity index (χ1) is 18.2. The van der Waals surface area contributed by atoms with Gasteiger partial charge in [0.15, 0.2) is 6.20 Å². The second-order valence-electron chi connectivity index (χ2n) is 11.7. The molecular weight excluding hydrogens is 541 g/mol. The molecule has 0 saturated carbocycles. The minimum Gasteiger partial charge on any atom is -0.403 e. The first-order valence-corrected chi connectivity index (χ1v) is 13.7. The Kier molecular flexibility index (Phi) is 7.14. The van der Waals surface area contributed by atoms with Gasteiger partial charge in [-0.3, -0.25) is 23.4 Å². The van der Waals surface area contributed by atoms with Crippen LogP contribution in [0, 0.1) is 5.82 Å².